The molecule has 0 saturated heterocycles. The van der Waals surface area contributed by atoms with Crippen LogP contribution in [0.25, 0.3) is 0 Å². The zero-order valence-corrected chi connectivity index (χ0v) is 10.3. The summed E-state index contributed by atoms with van der Waals surface area (Å²) in [4.78, 5) is 9.81. The smallest absolute Gasteiger partial charge is 0.549 e. The molecule has 0 radical (unpaired) electrons. The van der Waals surface area contributed by atoms with Gasteiger partial charge in [0, 0.05) is 0 Å². The van der Waals surface area contributed by atoms with Gasteiger partial charge in [0.1, 0.15) is 0 Å². The Kier molecular flexibility index (Phi) is 10.9. The first-order valence-electron chi connectivity index (χ1n) is 2.03. The molecule has 0 bridgehead atoms. The normalized spacial score (nSPS) is 11.8. The second-order valence-corrected chi connectivity index (χ2v) is 2.70. The third kappa shape index (κ3) is 5.96. The van der Waals surface area contributed by atoms with E-state index in [4.69, 9.17) is 0 Å². The van der Waals surface area contributed by atoms with Gasteiger partial charge in [-0.15, -0.1) is 0 Å². The Bertz CT molecular complexity index is 76.4. The Hall–Kier alpha value is 1.84. The van der Waals surface area contributed by atoms with Gasteiger partial charge in [0.15, 0.2) is 0 Å². The molecule has 1 unspecified atom stereocenters. The molecule has 0 rings (SSSR count). The zero-order valence-electron chi connectivity index (χ0n) is 4.98. The molecule has 4 heteroatoms. The van der Waals surface area contributed by atoms with Crippen LogP contribution in [0.4, 0.5) is 0 Å². The molecule has 0 N–H and O–H groups in total. The number of halogens is 1. The van der Waals surface area contributed by atoms with Gasteiger partial charge in [-0.2, -0.15) is 0 Å². The van der Waals surface area contributed by atoms with E-state index in [9.17, 15) is 9.90 Å². The van der Waals surface area contributed by atoms with Crippen molar-refractivity contribution in [2.45, 2.75) is 17.3 Å². The Morgan fingerprint density at radius 1 is 1.88 bits per heavy atom. The summed E-state index contributed by atoms with van der Waals surface area (Å²) in [5, 5.41) is 9.81. The summed E-state index contributed by atoms with van der Waals surface area (Å²) < 4.78 is -0.322. The van der Waals surface area contributed by atoms with Crippen molar-refractivity contribution in [3.05, 3.63) is 0 Å². The number of rotatable bonds is 2. The largest absolute Gasteiger partial charge is 1.00 e. The first-order valence-corrected chi connectivity index (χ1v) is 3.28. The molecular formula is C4H6IKO2. The van der Waals surface area contributed by atoms with Crippen LogP contribution in [0.3, 0.4) is 0 Å². The minimum atomic E-state index is -0.969. The maximum Gasteiger partial charge on any atom is 1.00 e. The minimum Gasteiger partial charge on any atom is -0.549 e. The van der Waals surface area contributed by atoms with E-state index in [0.717, 1.165) is 0 Å². The Morgan fingerprint density at radius 2 is 2.25 bits per heavy atom. The topological polar surface area (TPSA) is 40.1 Å². The number of hydrogen-bond acceptors (Lipinski definition) is 2. The molecule has 0 aromatic carbocycles. The predicted molar refractivity (Wildman–Crippen MR) is 33.1 cm³/mol. The maximum absolute atomic E-state index is 9.81. The number of alkyl halides is 1. The molecular weight excluding hydrogens is 246 g/mol. The van der Waals surface area contributed by atoms with Crippen LogP contribution in [0.15, 0.2) is 0 Å². The summed E-state index contributed by atoms with van der Waals surface area (Å²) in [6.45, 7) is 1.81. The van der Waals surface area contributed by atoms with E-state index in [1.807, 2.05) is 29.5 Å². The van der Waals surface area contributed by atoms with Gasteiger partial charge in [0.2, 0.25) is 0 Å². The fraction of sp³-hybridized carbons (Fsp3) is 0.750. The standard InChI is InChI=1S/C4H7IO2.K/c1-2-3(5)4(6)7;/h3H,2H2,1H3,(H,6,7);/q;+1/p-1. The summed E-state index contributed by atoms with van der Waals surface area (Å²) in [7, 11) is 0. The van der Waals surface area contributed by atoms with Crippen LogP contribution in [0, 0.1) is 0 Å². The summed E-state index contributed by atoms with van der Waals surface area (Å²) in [5.74, 6) is -0.969. The molecule has 0 aromatic heterocycles. The maximum atomic E-state index is 9.81. The van der Waals surface area contributed by atoms with Crippen molar-refractivity contribution < 1.29 is 61.3 Å². The molecule has 1 atom stereocenters. The van der Waals surface area contributed by atoms with Crippen molar-refractivity contribution in [2.75, 3.05) is 0 Å². The minimum absolute atomic E-state index is 0. The monoisotopic (exact) mass is 252 g/mol. The van der Waals surface area contributed by atoms with Gasteiger partial charge in [-0.3, -0.25) is 0 Å². The van der Waals surface area contributed by atoms with E-state index in [2.05, 4.69) is 0 Å². The van der Waals surface area contributed by atoms with Gasteiger partial charge in [0.05, 0.1) is 9.89 Å². The van der Waals surface area contributed by atoms with Gasteiger partial charge in [0.25, 0.3) is 0 Å². The van der Waals surface area contributed by atoms with Crippen LogP contribution in [-0.2, 0) is 4.79 Å². The molecule has 0 amide bonds. The molecule has 0 spiro atoms. The van der Waals surface area contributed by atoms with Crippen LogP contribution in [-0.4, -0.2) is 9.89 Å². The zero-order chi connectivity index (χ0) is 5.86. The molecule has 0 aromatic rings. The van der Waals surface area contributed by atoms with Crippen molar-refractivity contribution in [3.63, 3.8) is 0 Å². The summed E-state index contributed by atoms with van der Waals surface area (Å²) >= 11 is 1.83. The van der Waals surface area contributed by atoms with Crippen LogP contribution < -0.4 is 56.5 Å². The van der Waals surface area contributed by atoms with E-state index < -0.39 is 5.97 Å². The number of aliphatic carboxylic acids is 1. The van der Waals surface area contributed by atoms with Crippen molar-refractivity contribution >= 4 is 28.6 Å². The van der Waals surface area contributed by atoms with Crippen molar-refractivity contribution in [1.82, 2.24) is 0 Å². The average Bonchev–Trinajstić information content (AvgIpc) is 1.65. The second kappa shape index (κ2) is 6.95. The van der Waals surface area contributed by atoms with E-state index in [1.54, 1.807) is 0 Å². The van der Waals surface area contributed by atoms with Crippen LogP contribution >= 0.6 is 22.6 Å². The third-order valence-electron chi connectivity index (χ3n) is 0.614. The molecule has 2 nitrogen and oxygen atoms in total. The summed E-state index contributed by atoms with van der Waals surface area (Å²) in [5.41, 5.74) is 0. The second-order valence-electron chi connectivity index (χ2n) is 1.19. The molecule has 0 aliphatic rings. The molecule has 42 valence electrons. The van der Waals surface area contributed by atoms with Gasteiger partial charge >= 0.3 is 51.4 Å². The van der Waals surface area contributed by atoms with E-state index in [-0.39, 0.29) is 55.3 Å². The molecule has 0 fully saturated rings. The number of hydrogen-bond donors (Lipinski definition) is 0. The molecule has 8 heavy (non-hydrogen) atoms. The van der Waals surface area contributed by atoms with Crippen LogP contribution in [0.5, 0.6) is 0 Å². The van der Waals surface area contributed by atoms with Crippen molar-refractivity contribution in [1.29, 1.82) is 0 Å². The van der Waals surface area contributed by atoms with E-state index in [0.29, 0.717) is 6.42 Å². The fourth-order valence-corrected chi connectivity index (χ4v) is 0.167. The summed E-state index contributed by atoms with van der Waals surface area (Å²) in [6.07, 6.45) is 0.642. The molecule has 0 saturated carbocycles. The molecule has 0 aliphatic carbocycles. The molecule has 0 heterocycles. The number of carboxylic acids is 1. The predicted octanol–water partition coefficient (Wildman–Crippen LogP) is -3.05. The quantitative estimate of drug-likeness (QED) is 0.298. The number of carbonyl (C=O) groups excluding carboxylic acids is 1. The number of carboxylic acid groups (broad SMARTS) is 1. The Morgan fingerprint density at radius 3 is 2.25 bits per heavy atom. The van der Waals surface area contributed by atoms with Crippen molar-refractivity contribution in [3.8, 4) is 0 Å². The SMILES string of the molecule is CCC(I)C(=O)[O-].[K+]. The Balaban J connectivity index is 0. The summed E-state index contributed by atoms with van der Waals surface area (Å²) in [6, 6.07) is 0. The average molecular weight is 252 g/mol. The third-order valence-corrected chi connectivity index (χ3v) is 2.00. The van der Waals surface area contributed by atoms with Crippen LogP contribution in [0.1, 0.15) is 13.3 Å². The first kappa shape index (κ1) is 12.5. The van der Waals surface area contributed by atoms with Crippen LogP contribution in [0.2, 0.25) is 0 Å². The number of carbonyl (C=O) groups is 1. The van der Waals surface area contributed by atoms with Gasteiger partial charge in [-0.1, -0.05) is 29.5 Å². The van der Waals surface area contributed by atoms with E-state index >= 15 is 0 Å². The van der Waals surface area contributed by atoms with Gasteiger partial charge < -0.3 is 9.90 Å². The van der Waals surface area contributed by atoms with Gasteiger partial charge in [-0.05, 0) is 6.42 Å². The fourth-order valence-electron chi connectivity index (χ4n) is 0.167. The van der Waals surface area contributed by atoms with Crippen molar-refractivity contribution in [2.24, 2.45) is 0 Å². The Labute approximate surface area is 105 Å². The molecule has 0 aliphatic heterocycles. The van der Waals surface area contributed by atoms with Gasteiger partial charge in [-0.25, -0.2) is 0 Å². The first-order chi connectivity index (χ1) is 3.18. The van der Waals surface area contributed by atoms with E-state index in [1.165, 1.54) is 0 Å².